The van der Waals surface area contributed by atoms with E-state index in [-0.39, 0.29) is 6.04 Å². The normalized spacial score (nSPS) is 12.8. The first kappa shape index (κ1) is 12.8. The van der Waals surface area contributed by atoms with E-state index in [1.165, 1.54) is 16.7 Å². The molecule has 0 bridgehead atoms. The highest BCUT2D eigenvalue weighted by Gasteiger charge is 2.17. The number of nitrogens with two attached hydrogens (primary N) is 1. The van der Waals surface area contributed by atoms with Crippen LogP contribution in [0.5, 0.6) is 0 Å². The number of aromatic nitrogens is 3. The van der Waals surface area contributed by atoms with Crippen molar-refractivity contribution in [3.05, 3.63) is 64.7 Å². The first-order valence-electron chi connectivity index (χ1n) is 6.68. The molecule has 0 spiro atoms. The topological polar surface area (TPSA) is 56.2 Å². The highest BCUT2D eigenvalue weighted by Crippen LogP contribution is 2.27. The Kier molecular flexibility index (Phi) is 3.03. The van der Waals surface area contributed by atoms with Crippen molar-refractivity contribution >= 4 is 5.52 Å². The van der Waals surface area contributed by atoms with E-state index in [0.717, 1.165) is 16.6 Å². The average Bonchev–Trinajstić information content (AvgIpc) is 2.86. The Morgan fingerprint density at radius 2 is 1.75 bits per heavy atom. The Balaban J connectivity index is 2.13. The van der Waals surface area contributed by atoms with Gasteiger partial charge in [-0.05, 0) is 43.0 Å². The fraction of sp³-hybridized carbons (Fsp3) is 0.250. The number of aryl methyl sites for hydroxylation is 3. The van der Waals surface area contributed by atoms with Crippen LogP contribution in [0.15, 0.2) is 36.9 Å². The summed E-state index contributed by atoms with van der Waals surface area (Å²) in [6.45, 7) is 6.34. The lowest BCUT2D eigenvalue weighted by molar-refractivity contribution is 0.866. The third-order valence-electron chi connectivity index (χ3n) is 3.91. The zero-order valence-corrected chi connectivity index (χ0v) is 12.0. The van der Waals surface area contributed by atoms with Crippen molar-refractivity contribution in [1.29, 1.82) is 0 Å². The van der Waals surface area contributed by atoms with Crippen LogP contribution in [0.2, 0.25) is 0 Å². The van der Waals surface area contributed by atoms with Gasteiger partial charge < -0.3 is 5.73 Å². The highest BCUT2D eigenvalue weighted by atomic mass is 15.2. The maximum atomic E-state index is 6.47. The predicted octanol–water partition coefficient (Wildman–Crippen LogP) is 2.70. The fourth-order valence-electron chi connectivity index (χ4n) is 2.58. The second-order valence-corrected chi connectivity index (χ2v) is 5.28. The molecule has 0 aliphatic carbocycles. The second kappa shape index (κ2) is 4.72. The molecule has 0 saturated carbocycles. The van der Waals surface area contributed by atoms with Gasteiger partial charge in [0, 0.05) is 18.0 Å². The smallest absolute Gasteiger partial charge is 0.0896 e. The van der Waals surface area contributed by atoms with E-state index in [2.05, 4.69) is 43.0 Å². The Hall–Kier alpha value is -2.20. The van der Waals surface area contributed by atoms with Gasteiger partial charge in [0.05, 0.1) is 24.0 Å². The van der Waals surface area contributed by atoms with Crippen LogP contribution in [0.4, 0.5) is 0 Å². The molecule has 3 rings (SSSR count). The first-order chi connectivity index (χ1) is 9.58. The van der Waals surface area contributed by atoms with Crippen molar-refractivity contribution in [3.8, 4) is 0 Å². The summed E-state index contributed by atoms with van der Waals surface area (Å²) in [7, 11) is 0. The molecule has 0 fully saturated rings. The average molecular weight is 266 g/mol. The number of nitrogens with zero attached hydrogens (tertiary/aromatic N) is 3. The standard InChI is InChI=1S/C16H18N4/c1-10-6-12(3)13(7-11(10)2)16(17)14-8-19-20-5-4-18-9-15(14)20/h4-9,16H,17H2,1-3H3. The fourth-order valence-corrected chi connectivity index (χ4v) is 2.58. The van der Waals surface area contributed by atoms with Crippen LogP contribution in [0.3, 0.4) is 0 Å². The third-order valence-corrected chi connectivity index (χ3v) is 3.91. The van der Waals surface area contributed by atoms with E-state index < -0.39 is 0 Å². The molecular weight excluding hydrogens is 248 g/mol. The SMILES string of the molecule is Cc1cc(C)c(C(N)c2cnn3ccncc23)cc1C. The van der Waals surface area contributed by atoms with Crippen LogP contribution in [-0.4, -0.2) is 14.6 Å². The summed E-state index contributed by atoms with van der Waals surface area (Å²) >= 11 is 0. The van der Waals surface area contributed by atoms with Gasteiger partial charge in [-0.15, -0.1) is 0 Å². The molecule has 0 amide bonds. The molecule has 4 heteroatoms. The molecule has 0 aliphatic heterocycles. The van der Waals surface area contributed by atoms with Gasteiger partial charge >= 0.3 is 0 Å². The molecule has 2 N–H and O–H groups in total. The first-order valence-corrected chi connectivity index (χ1v) is 6.68. The van der Waals surface area contributed by atoms with Gasteiger partial charge in [0.25, 0.3) is 0 Å². The Bertz CT molecular complexity index is 773. The molecule has 20 heavy (non-hydrogen) atoms. The number of fused-ring (bicyclic) bond motifs is 1. The third kappa shape index (κ3) is 1.98. The van der Waals surface area contributed by atoms with Gasteiger partial charge in [0.2, 0.25) is 0 Å². The van der Waals surface area contributed by atoms with Crippen LogP contribution in [0, 0.1) is 20.8 Å². The van der Waals surface area contributed by atoms with Crippen LogP contribution in [-0.2, 0) is 0 Å². The summed E-state index contributed by atoms with van der Waals surface area (Å²) < 4.78 is 1.80. The number of hydrogen-bond donors (Lipinski definition) is 1. The van der Waals surface area contributed by atoms with Crippen molar-refractivity contribution < 1.29 is 0 Å². The largest absolute Gasteiger partial charge is 0.320 e. The maximum absolute atomic E-state index is 6.47. The van der Waals surface area contributed by atoms with Crippen LogP contribution in [0.25, 0.3) is 5.52 Å². The van der Waals surface area contributed by atoms with Crippen molar-refractivity contribution in [1.82, 2.24) is 14.6 Å². The van der Waals surface area contributed by atoms with Crippen LogP contribution >= 0.6 is 0 Å². The molecule has 102 valence electrons. The lowest BCUT2D eigenvalue weighted by Crippen LogP contribution is -2.13. The molecule has 2 heterocycles. The lowest BCUT2D eigenvalue weighted by Gasteiger charge is -2.16. The van der Waals surface area contributed by atoms with Crippen molar-refractivity contribution in [3.63, 3.8) is 0 Å². The lowest BCUT2D eigenvalue weighted by atomic mass is 9.93. The van der Waals surface area contributed by atoms with E-state index in [1.807, 2.05) is 12.4 Å². The van der Waals surface area contributed by atoms with Gasteiger partial charge in [-0.25, -0.2) is 4.52 Å². The highest BCUT2D eigenvalue weighted by molar-refractivity contribution is 5.56. The number of hydrogen-bond acceptors (Lipinski definition) is 3. The van der Waals surface area contributed by atoms with Crippen LogP contribution < -0.4 is 5.73 Å². The van der Waals surface area contributed by atoms with E-state index in [1.54, 1.807) is 16.9 Å². The summed E-state index contributed by atoms with van der Waals surface area (Å²) in [6, 6.07) is 4.18. The summed E-state index contributed by atoms with van der Waals surface area (Å²) in [5, 5.41) is 4.33. The zero-order valence-electron chi connectivity index (χ0n) is 12.0. The molecule has 0 saturated heterocycles. The summed E-state index contributed by atoms with van der Waals surface area (Å²) in [6.07, 6.45) is 7.18. The molecule has 0 radical (unpaired) electrons. The maximum Gasteiger partial charge on any atom is 0.0896 e. The quantitative estimate of drug-likeness (QED) is 0.776. The van der Waals surface area contributed by atoms with Gasteiger partial charge in [-0.1, -0.05) is 12.1 Å². The van der Waals surface area contributed by atoms with Crippen molar-refractivity contribution in [2.75, 3.05) is 0 Å². The zero-order chi connectivity index (χ0) is 14.3. The molecule has 4 nitrogen and oxygen atoms in total. The minimum atomic E-state index is -0.184. The van der Waals surface area contributed by atoms with Crippen molar-refractivity contribution in [2.24, 2.45) is 5.73 Å². The molecule has 1 aromatic carbocycles. The minimum Gasteiger partial charge on any atom is -0.320 e. The van der Waals surface area contributed by atoms with E-state index in [9.17, 15) is 0 Å². The van der Waals surface area contributed by atoms with Gasteiger partial charge in [-0.3, -0.25) is 4.98 Å². The molecule has 1 atom stereocenters. The molecule has 1 unspecified atom stereocenters. The summed E-state index contributed by atoms with van der Waals surface area (Å²) in [5.41, 5.74) is 13.3. The van der Waals surface area contributed by atoms with E-state index in [4.69, 9.17) is 5.73 Å². The molecular formula is C16H18N4. The van der Waals surface area contributed by atoms with Gasteiger partial charge in [0.1, 0.15) is 0 Å². The second-order valence-electron chi connectivity index (χ2n) is 5.28. The van der Waals surface area contributed by atoms with E-state index >= 15 is 0 Å². The van der Waals surface area contributed by atoms with E-state index in [0.29, 0.717) is 0 Å². The van der Waals surface area contributed by atoms with Gasteiger partial charge in [0.15, 0.2) is 0 Å². The Morgan fingerprint density at radius 1 is 1.00 bits per heavy atom. The Morgan fingerprint density at radius 3 is 2.55 bits per heavy atom. The molecule has 0 aliphatic rings. The summed E-state index contributed by atoms with van der Waals surface area (Å²) in [5.74, 6) is 0. The molecule has 2 aromatic heterocycles. The molecule has 3 aromatic rings. The monoisotopic (exact) mass is 266 g/mol. The predicted molar refractivity (Wildman–Crippen MR) is 79.7 cm³/mol. The van der Waals surface area contributed by atoms with Crippen LogP contribution in [0.1, 0.15) is 33.9 Å². The summed E-state index contributed by atoms with van der Waals surface area (Å²) in [4.78, 5) is 4.16. The van der Waals surface area contributed by atoms with Crippen molar-refractivity contribution in [2.45, 2.75) is 26.8 Å². The number of rotatable bonds is 2. The minimum absolute atomic E-state index is 0.184. The Labute approximate surface area is 118 Å². The van der Waals surface area contributed by atoms with Gasteiger partial charge in [-0.2, -0.15) is 5.10 Å². The number of benzene rings is 1.